The average Bonchev–Trinajstić information content (AvgIpc) is 3.45. The molecular formula is C23H24N4O3S. The molecule has 0 saturated heterocycles. The number of benzene rings is 1. The van der Waals surface area contributed by atoms with E-state index in [4.69, 9.17) is 9.47 Å². The Morgan fingerprint density at radius 1 is 1.16 bits per heavy atom. The van der Waals surface area contributed by atoms with Gasteiger partial charge in [0.05, 0.1) is 5.75 Å². The number of Topliss-reactive ketones (excluding diaryl/α,β-unsaturated/α-hetero) is 1. The van der Waals surface area contributed by atoms with Crippen molar-refractivity contribution in [1.82, 2.24) is 19.7 Å². The molecular weight excluding hydrogens is 412 g/mol. The van der Waals surface area contributed by atoms with Crippen LogP contribution in [0.25, 0.3) is 11.4 Å². The molecule has 3 heterocycles. The van der Waals surface area contributed by atoms with Crippen LogP contribution in [0.2, 0.25) is 0 Å². The van der Waals surface area contributed by atoms with Gasteiger partial charge in [-0.1, -0.05) is 31.5 Å². The maximum absolute atomic E-state index is 12.9. The van der Waals surface area contributed by atoms with Gasteiger partial charge >= 0.3 is 0 Å². The van der Waals surface area contributed by atoms with E-state index in [-0.39, 0.29) is 18.3 Å². The summed E-state index contributed by atoms with van der Waals surface area (Å²) < 4.78 is 13.0. The minimum atomic E-state index is 0.0254. The fourth-order valence-electron chi connectivity index (χ4n) is 4.33. The molecule has 1 fully saturated rings. The summed E-state index contributed by atoms with van der Waals surface area (Å²) in [7, 11) is 0. The van der Waals surface area contributed by atoms with Crippen molar-refractivity contribution < 1.29 is 14.3 Å². The van der Waals surface area contributed by atoms with Crippen LogP contribution in [-0.2, 0) is 0 Å². The zero-order valence-corrected chi connectivity index (χ0v) is 18.2. The minimum absolute atomic E-state index is 0.0254. The SMILES string of the molecule is C[C@H]1CCCC[C@H]1n1c(SCC(=O)c2ccc3c(c2)OCO3)nnc1-c1cccnc1. The number of hydrogen-bond donors (Lipinski definition) is 0. The van der Waals surface area contributed by atoms with E-state index >= 15 is 0 Å². The number of fused-ring (bicyclic) bond motifs is 1. The quantitative estimate of drug-likeness (QED) is 0.406. The molecule has 0 radical (unpaired) electrons. The number of rotatable bonds is 6. The Balaban J connectivity index is 1.41. The van der Waals surface area contributed by atoms with E-state index in [0.717, 1.165) is 23.0 Å². The lowest BCUT2D eigenvalue weighted by Gasteiger charge is -2.31. The van der Waals surface area contributed by atoms with Crippen molar-refractivity contribution in [3.8, 4) is 22.9 Å². The summed E-state index contributed by atoms with van der Waals surface area (Å²) in [6.45, 7) is 2.49. The summed E-state index contributed by atoms with van der Waals surface area (Å²) in [4.78, 5) is 17.1. The van der Waals surface area contributed by atoms with Gasteiger partial charge in [-0.2, -0.15) is 0 Å². The number of nitrogens with zero attached hydrogens (tertiary/aromatic N) is 4. The van der Waals surface area contributed by atoms with Crippen molar-refractivity contribution in [1.29, 1.82) is 0 Å². The maximum Gasteiger partial charge on any atom is 0.231 e. The Hall–Kier alpha value is -2.87. The van der Waals surface area contributed by atoms with Gasteiger partial charge in [-0.05, 0) is 49.1 Å². The van der Waals surface area contributed by atoms with Crippen molar-refractivity contribution in [2.45, 2.75) is 43.8 Å². The summed E-state index contributed by atoms with van der Waals surface area (Å²) >= 11 is 1.44. The molecule has 31 heavy (non-hydrogen) atoms. The van der Waals surface area contributed by atoms with Gasteiger partial charge < -0.3 is 9.47 Å². The monoisotopic (exact) mass is 436 g/mol. The Bertz CT molecular complexity index is 1090. The average molecular weight is 437 g/mol. The van der Waals surface area contributed by atoms with E-state index < -0.39 is 0 Å². The van der Waals surface area contributed by atoms with E-state index in [1.54, 1.807) is 24.4 Å². The molecule has 7 nitrogen and oxygen atoms in total. The predicted molar refractivity (Wildman–Crippen MR) is 118 cm³/mol. The van der Waals surface area contributed by atoms with Crippen LogP contribution in [0.5, 0.6) is 11.5 Å². The minimum Gasteiger partial charge on any atom is -0.454 e. The Morgan fingerprint density at radius 2 is 2.03 bits per heavy atom. The summed E-state index contributed by atoms with van der Waals surface area (Å²) in [6, 6.07) is 9.56. The summed E-state index contributed by atoms with van der Waals surface area (Å²) in [6.07, 6.45) is 8.31. The molecule has 0 amide bonds. The van der Waals surface area contributed by atoms with E-state index in [1.165, 1.54) is 31.0 Å². The van der Waals surface area contributed by atoms with Crippen LogP contribution in [0.3, 0.4) is 0 Å². The second-order valence-corrected chi connectivity index (χ2v) is 8.97. The fourth-order valence-corrected chi connectivity index (χ4v) is 5.22. The highest BCUT2D eigenvalue weighted by atomic mass is 32.2. The number of thioether (sulfide) groups is 1. The number of aromatic nitrogens is 4. The molecule has 2 aliphatic rings. The second kappa shape index (κ2) is 8.70. The number of ketones is 1. The Kier molecular flexibility index (Phi) is 5.63. The van der Waals surface area contributed by atoms with Gasteiger partial charge in [0.15, 0.2) is 28.3 Å². The molecule has 0 spiro atoms. The first-order valence-corrected chi connectivity index (χ1v) is 11.6. The largest absolute Gasteiger partial charge is 0.454 e. The van der Waals surface area contributed by atoms with Crippen molar-refractivity contribution in [3.63, 3.8) is 0 Å². The fraction of sp³-hybridized carbons (Fsp3) is 0.391. The number of pyridine rings is 1. The molecule has 1 aliphatic carbocycles. The van der Waals surface area contributed by atoms with Crippen LogP contribution in [0.4, 0.5) is 0 Å². The molecule has 0 unspecified atom stereocenters. The van der Waals surface area contributed by atoms with Gasteiger partial charge in [-0.15, -0.1) is 10.2 Å². The molecule has 8 heteroatoms. The maximum atomic E-state index is 12.9. The van der Waals surface area contributed by atoms with Crippen LogP contribution in [-0.4, -0.2) is 38.1 Å². The first-order valence-electron chi connectivity index (χ1n) is 10.6. The van der Waals surface area contributed by atoms with Crippen molar-refractivity contribution >= 4 is 17.5 Å². The van der Waals surface area contributed by atoms with Crippen LogP contribution in [0.15, 0.2) is 47.9 Å². The van der Waals surface area contributed by atoms with Crippen molar-refractivity contribution in [3.05, 3.63) is 48.3 Å². The lowest BCUT2D eigenvalue weighted by molar-refractivity contribution is 0.102. The normalized spacial score (nSPS) is 20.0. The van der Waals surface area contributed by atoms with Gasteiger partial charge in [-0.25, -0.2) is 0 Å². The standard InChI is InChI=1S/C23H24N4O3S/c1-15-5-2-3-7-18(15)27-22(17-6-4-10-24-12-17)25-26-23(27)31-13-19(28)16-8-9-20-21(11-16)30-14-29-20/h4,6,8-12,15,18H,2-3,5,7,13-14H2,1H3/t15-,18+/m0/s1. The molecule has 1 saturated carbocycles. The van der Waals surface area contributed by atoms with Crippen molar-refractivity contribution in [2.75, 3.05) is 12.5 Å². The molecule has 5 rings (SSSR count). The summed E-state index contributed by atoms with van der Waals surface area (Å²) in [5, 5.41) is 9.76. The molecule has 2 aromatic heterocycles. The van der Waals surface area contributed by atoms with Crippen molar-refractivity contribution in [2.24, 2.45) is 5.92 Å². The van der Waals surface area contributed by atoms with Gasteiger partial charge in [0.2, 0.25) is 6.79 Å². The van der Waals surface area contributed by atoms with Crippen LogP contribution >= 0.6 is 11.8 Å². The van der Waals surface area contributed by atoms with Crippen LogP contribution < -0.4 is 9.47 Å². The summed E-state index contributed by atoms with van der Waals surface area (Å²) in [5.41, 5.74) is 1.56. The van der Waals surface area contributed by atoms with E-state index in [2.05, 4.69) is 26.7 Å². The Labute approximate surface area is 185 Å². The van der Waals surface area contributed by atoms with Gasteiger partial charge in [0, 0.05) is 29.6 Å². The zero-order chi connectivity index (χ0) is 21.2. The van der Waals surface area contributed by atoms with Crippen LogP contribution in [0.1, 0.15) is 49.0 Å². The molecule has 3 aromatic rings. The lowest BCUT2D eigenvalue weighted by Crippen LogP contribution is -2.22. The highest BCUT2D eigenvalue weighted by Crippen LogP contribution is 2.39. The number of hydrogen-bond acceptors (Lipinski definition) is 7. The molecule has 0 N–H and O–H groups in total. The molecule has 160 valence electrons. The lowest BCUT2D eigenvalue weighted by atomic mass is 9.85. The highest BCUT2D eigenvalue weighted by molar-refractivity contribution is 7.99. The van der Waals surface area contributed by atoms with Gasteiger partial charge in [0.1, 0.15) is 0 Å². The first-order chi connectivity index (χ1) is 15.2. The number of ether oxygens (including phenoxy) is 2. The van der Waals surface area contributed by atoms with Gasteiger partial charge in [0.25, 0.3) is 0 Å². The summed E-state index contributed by atoms with van der Waals surface area (Å²) in [5.74, 6) is 2.96. The third kappa shape index (κ3) is 4.04. The number of carbonyl (C=O) groups is 1. The highest BCUT2D eigenvalue weighted by Gasteiger charge is 2.29. The predicted octanol–water partition coefficient (Wildman–Crippen LogP) is 4.80. The van der Waals surface area contributed by atoms with Gasteiger partial charge in [-0.3, -0.25) is 14.3 Å². The third-order valence-corrected chi connectivity index (χ3v) is 6.95. The first kappa shape index (κ1) is 20.1. The number of carbonyl (C=O) groups excluding carboxylic acids is 1. The third-order valence-electron chi connectivity index (χ3n) is 6.01. The smallest absolute Gasteiger partial charge is 0.231 e. The van der Waals surface area contributed by atoms with E-state index in [1.807, 2.05) is 18.3 Å². The molecule has 1 aromatic carbocycles. The molecule has 2 atom stereocenters. The topological polar surface area (TPSA) is 79.1 Å². The zero-order valence-electron chi connectivity index (χ0n) is 17.4. The van der Waals surface area contributed by atoms with E-state index in [0.29, 0.717) is 29.0 Å². The molecule has 0 bridgehead atoms. The van der Waals surface area contributed by atoms with E-state index in [9.17, 15) is 4.79 Å². The Morgan fingerprint density at radius 3 is 2.87 bits per heavy atom. The second-order valence-electron chi connectivity index (χ2n) is 8.03. The van der Waals surface area contributed by atoms with Crippen LogP contribution in [0, 0.1) is 5.92 Å². The molecule has 1 aliphatic heterocycles.